The van der Waals surface area contributed by atoms with Gasteiger partial charge in [-0.3, -0.25) is 4.72 Å². The number of rotatable bonds is 4. The third-order valence-electron chi connectivity index (χ3n) is 2.23. The Hall–Kier alpha value is -0.790. The van der Waals surface area contributed by atoms with Crippen molar-refractivity contribution in [3.8, 4) is 0 Å². The molecule has 0 fully saturated rings. The van der Waals surface area contributed by atoms with Crippen molar-refractivity contribution in [2.24, 2.45) is 0 Å². The summed E-state index contributed by atoms with van der Waals surface area (Å²) in [5.41, 5.74) is 0.255. The number of thiophene rings is 1. The molecule has 1 aromatic heterocycles. The highest BCUT2D eigenvalue weighted by Crippen LogP contribution is 2.29. The van der Waals surface area contributed by atoms with E-state index in [-0.39, 0.29) is 21.5 Å². The molecule has 0 spiro atoms. The van der Waals surface area contributed by atoms with Gasteiger partial charge in [0, 0.05) is 9.90 Å². The number of aliphatic hydroxyl groups is 1. The van der Waals surface area contributed by atoms with Crippen LogP contribution in [0, 0.1) is 0 Å². The van der Waals surface area contributed by atoms with E-state index in [1.165, 1.54) is 18.2 Å². The van der Waals surface area contributed by atoms with Crippen molar-refractivity contribution in [1.29, 1.82) is 0 Å². The van der Waals surface area contributed by atoms with Crippen LogP contribution in [0.25, 0.3) is 0 Å². The van der Waals surface area contributed by atoms with Crippen LogP contribution in [0.15, 0.2) is 34.5 Å². The molecule has 2 aromatic rings. The van der Waals surface area contributed by atoms with E-state index < -0.39 is 10.0 Å². The summed E-state index contributed by atoms with van der Waals surface area (Å²) >= 11 is 12.6. The average Bonchev–Trinajstić information content (AvgIpc) is 2.82. The number of aliphatic hydroxyl groups excluding tert-OH is 1. The first-order valence-electron chi connectivity index (χ1n) is 5.10. The molecule has 19 heavy (non-hydrogen) atoms. The molecule has 0 aliphatic carbocycles. The number of anilines is 1. The minimum Gasteiger partial charge on any atom is -0.391 e. The molecule has 0 atom stereocenters. The van der Waals surface area contributed by atoms with Crippen molar-refractivity contribution < 1.29 is 13.5 Å². The van der Waals surface area contributed by atoms with Crippen molar-refractivity contribution >= 4 is 50.2 Å². The van der Waals surface area contributed by atoms with Crippen LogP contribution < -0.4 is 4.72 Å². The lowest BCUT2D eigenvalue weighted by molar-refractivity contribution is 0.285. The van der Waals surface area contributed by atoms with Crippen LogP contribution >= 0.6 is 34.5 Å². The van der Waals surface area contributed by atoms with Crippen molar-refractivity contribution in [3.63, 3.8) is 0 Å². The molecular formula is C11H9Cl2NO3S2. The molecule has 0 unspecified atom stereocenters. The molecule has 102 valence electrons. The zero-order valence-corrected chi connectivity index (χ0v) is 12.6. The fourth-order valence-corrected chi connectivity index (χ4v) is 4.16. The smallest absolute Gasteiger partial charge is 0.271 e. The van der Waals surface area contributed by atoms with E-state index in [4.69, 9.17) is 28.3 Å². The lowest BCUT2D eigenvalue weighted by Crippen LogP contribution is -2.11. The quantitative estimate of drug-likeness (QED) is 0.898. The molecule has 0 radical (unpaired) electrons. The van der Waals surface area contributed by atoms with E-state index in [0.29, 0.717) is 9.90 Å². The Morgan fingerprint density at radius 2 is 1.95 bits per heavy atom. The molecule has 0 aliphatic rings. The van der Waals surface area contributed by atoms with Crippen LogP contribution in [0.2, 0.25) is 10.0 Å². The SMILES string of the molecule is O=S(=O)(Nc1ccc(Cl)cc1Cl)c1ccc(CO)s1. The Morgan fingerprint density at radius 3 is 2.53 bits per heavy atom. The number of benzene rings is 1. The highest BCUT2D eigenvalue weighted by molar-refractivity contribution is 7.94. The predicted molar refractivity (Wildman–Crippen MR) is 77.5 cm³/mol. The fourth-order valence-electron chi connectivity index (χ4n) is 1.35. The molecule has 2 N–H and O–H groups in total. The molecular weight excluding hydrogens is 329 g/mol. The predicted octanol–water partition coefficient (Wildman–Crippen LogP) is 3.35. The first-order chi connectivity index (χ1) is 8.92. The van der Waals surface area contributed by atoms with Crippen LogP contribution in [0.1, 0.15) is 4.88 Å². The van der Waals surface area contributed by atoms with Crippen LogP contribution in [-0.4, -0.2) is 13.5 Å². The average molecular weight is 338 g/mol. The van der Waals surface area contributed by atoms with Gasteiger partial charge in [0.15, 0.2) is 0 Å². The Balaban J connectivity index is 2.30. The third-order valence-corrected chi connectivity index (χ3v) is 5.71. The summed E-state index contributed by atoms with van der Waals surface area (Å²) in [6.07, 6.45) is 0. The van der Waals surface area contributed by atoms with Crippen molar-refractivity contribution in [2.75, 3.05) is 4.72 Å². The number of hydrogen-bond donors (Lipinski definition) is 2. The van der Waals surface area contributed by atoms with Gasteiger partial charge in [-0.2, -0.15) is 0 Å². The molecule has 8 heteroatoms. The van der Waals surface area contributed by atoms with E-state index >= 15 is 0 Å². The Bertz CT molecular complexity index is 698. The van der Waals surface area contributed by atoms with Gasteiger partial charge in [0.2, 0.25) is 0 Å². The fraction of sp³-hybridized carbons (Fsp3) is 0.0909. The van der Waals surface area contributed by atoms with Gasteiger partial charge in [-0.1, -0.05) is 23.2 Å². The van der Waals surface area contributed by atoms with Crippen LogP contribution in [0.4, 0.5) is 5.69 Å². The Morgan fingerprint density at radius 1 is 1.21 bits per heavy atom. The first-order valence-corrected chi connectivity index (χ1v) is 8.15. The van der Waals surface area contributed by atoms with E-state index in [2.05, 4.69) is 4.72 Å². The molecule has 0 bridgehead atoms. The maximum atomic E-state index is 12.1. The summed E-state index contributed by atoms with van der Waals surface area (Å²) in [5.74, 6) is 0. The van der Waals surface area contributed by atoms with Gasteiger partial charge in [0.25, 0.3) is 10.0 Å². The molecule has 4 nitrogen and oxygen atoms in total. The lowest BCUT2D eigenvalue weighted by Gasteiger charge is -2.08. The van der Waals surface area contributed by atoms with Crippen LogP contribution in [-0.2, 0) is 16.6 Å². The molecule has 1 heterocycles. The molecule has 0 saturated heterocycles. The summed E-state index contributed by atoms with van der Waals surface area (Å²) in [4.78, 5) is 0.572. The van der Waals surface area contributed by atoms with Gasteiger partial charge in [0.05, 0.1) is 17.3 Å². The topological polar surface area (TPSA) is 66.4 Å². The summed E-state index contributed by atoms with van der Waals surface area (Å²) in [5, 5.41) is 9.58. The second-order valence-corrected chi connectivity index (χ2v) is 7.53. The second-order valence-electron chi connectivity index (χ2n) is 3.61. The Kier molecular flexibility index (Phi) is 4.37. The van der Waals surface area contributed by atoms with E-state index in [9.17, 15) is 8.42 Å². The van der Waals surface area contributed by atoms with E-state index in [0.717, 1.165) is 11.3 Å². The van der Waals surface area contributed by atoms with Gasteiger partial charge < -0.3 is 5.11 Å². The second kappa shape index (κ2) is 5.68. The summed E-state index contributed by atoms with van der Waals surface area (Å²) in [6.45, 7) is -0.193. The van der Waals surface area contributed by atoms with Crippen LogP contribution in [0.3, 0.4) is 0 Å². The monoisotopic (exact) mass is 337 g/mol. The Labute approximate surface area is 124 Å². The summed E-state index contributed by atoms with van der Waals surface area (Å²) < 4.78 is 26.7. The normalized spacial score (nSPS) is 11.5. The van der Waals surface area contributed by atoms with Crippen molar-refractivity contribution in [3.05, 3.63) is 45.3 Å². The van der Waals surface area contributed by atoms with Gasteiger partial charge in [-0.25, -0.2) is 8.42 Å². The lowest BCUT2D eigenvalue weighted by atomic mass is 10.3. The molecule has 1 aromatic carbocycles. The van der Waals surface area contributed by atoms with Gasteiger partial charge in [-0.15, -0.1) is 11.3 Å². The van der Waals surface area contributed by atoms with E-state index in [1.807, 2.05) is 0 Å². The van der Waals surface area contributed by atoms with Crippen molar-refractivity contribution in [1.82, 2.24) is 0 Å². The minimum atomic E-state index is -3.71. The largest absolute Gasteiger partial charge is 0.391 e. The highest BCUT2D eigenvalue weighted by atomic mass is 35.5. The summed E-state index contributed by atoms with van der Waals surface area (Å²) in [6, 6.07) is 7.47. The zero-order valence-electron chi connectivity index (χ0n) is 9.43. The van der Waals surface area contributed by atoms with Crippen molar-refractivity contribution in [2.45, 2.75) is 10.8 Å². The number of hydrogen-bond acceptors (Lipinski definition) is 4. The van der Waals surface area contributed by atoms with Crippen LogP contribution in [0.5, 0.6) is 0 Å². The summed E-state index contributed by atoms with van der Waals surface area (Å²) in [7, 11) is -3.71. The third kappa shape index (κ3) is 3.40. The van der Waals surface area contributed by atoms with Gasteiger partial charge in [-0.05, 0) is 30.3 Å². The molecule has 2 rings (SSSR count). The number of nitrogens with one attached hydrogen (secondary N) is 1. The van der Waals surface area contributed by atoms with E-state index in [1.54, 1.807) is 12.1 Å². The number of halogens is 2. The molecule has 0 saturated carbocycles. The highest BCUT2D eigenvalue weighted by Gasteiger charge is 2.18. The van der Waals surface area contributed by atoms with Gasteiger partial charge in [0.1, 0.15) is 4.21 Å². The standard InChI is InChI=1S/C11H9Cl2NO3S2/c12-7-1-3-10(9(13)5-7)14-19(16,17)11-4-2-8(6-15)18-11/h1-5,14-15H,6H2. The molecule has 0 amide bonds. The van der Waals surface area contributed by atoms with Gasteiger partial charge >= 0.3 is 0 Å². The molecule has 0 aliphatic heterocycles. The maximum Gasteiger partial charge on any atom is 0.271 e. The number of sulfonamides is 1. The maximum absolute atomic E-state index is 12.1. The minimum absolute atomic E-state index is 0.113. The first kappa shape index (κ1) is 14.6. The zero-order chi connectivity index (χ0) is 14.0.